The van der Waals surface area contributed by atoms with Gasteiger partial charge in [0.2, 0.25) is 5.78 Å². The van der Waals surface area contributed by atoms with Crippen LogP contribution >= 0.6 is 0 Å². The van der Waals surface area contributed by atoms with Gasteiger partial charge in [-0.25, -0.2) is 4.39 Å². The monoisotopic (exact) mass is 736 g/mol. The Balaban J connectivity index is 1.22. The zero-order chi connectivity index (χ0) is 39.2. The maximum absolute atomic E-state index is 14.8. The number of aromatic hydroxyl groups is 1. The summed E-state index contributed by atoms with van der Waals surface area (Å²) in [6, 6.07) is 9.06. The maximum atomic E-state index is 14.8. The Bertz CT molecular complexity index is 2110. The number of rotatable bonds is 7. The first-order valence-corrected chi connectivity index (χ1v) is 19.6. The van der Waals surface area contributed by atoms with Crippen molar-refractivity contribution in [3.05, 3.63) is 98.6 Å². The van der Waals surface area contributed by atoms with Crippen molar-refractivity contribution in [1.82, 2.24) is 0 Å². The number of fused-ring (bicyclic) bond motifs is 3. The van der Waals surface area contributed by atoms with E-state index in [0.717, 1.165) is 55.7 Å². The lowest BCUT2D eigenvalue weighted by Crippen LogP contribution is -2.69. The molecule has 5 aliphatic carbocycles. The number of aliphatic hydroxyl groups excluding tert-OH is 2. The Morgan fingerprint density at radius 1 is 0.981 bits per heavy atom. The number of phenolic OH excluding ortho intramolecular Hbond substituents is 1. The molecule has 0 aromatic heterocycles. The summed E-state index contributed by atoms with van der Waals surface area (Å²) in [4.78, 5) is 41.4. The molecule has 2 saturated carbocycles. The van der Waals surface area contributed by atoms with E-state index < -0.39 is 56.8 Å². The lowest BCUT2D eigenvalue weighted by Gasteiger charge is -2.60. The summed E-state index contributed by atoms with van der Waals surface area (Å²) in [7, 11) is 0. The van der Waals surface area contributed by atoms with Crippen LogP contribution < -0.4 is 0 Å². The largest absolute Gasteiger partial charge is 0.508 e. The highest BCUT2D eigenvalue weighted by molar-refractivity contribution is 6.24. The molecule has 2 aromatic rings. The van der Waals surface area contributed by atoms with Gasteiger partial charge in [0, 0.05) is 27.9 Å². The first kappa shape index (κ1) is 38.0. The van der Waals surface area contributed by atoms with E-state index in [0.29, 0.717) is 23.5 Å². The quantitative estimate of drug-likeness (QED) is 0.208. The fourth-order valence-corrected chi connectivity index (χ4v) is 11.3. The second-order valence-corrected chi connectivity index (χ2v) is 18.0. The van der Waals surface area contributed by atoms with E-state index in [1.165, 1.54) is 11.6 Å². The van der Waals surface area contributed by atoms with Gasteiger partial charge in [0.25, 0.3) is 0 Å². The SMILES string of the molecule is CC(=O)C1=C(O)[C@]2(O)C(=O)C3=C(O)c4c(O)c(C5=CC=C(CC6CCC(c7ccccc7F)CC6)C5)cc(C(C)C)c4C[C@]3(C)C[C@]2(C)C(C(C)C)C1=O. The molecule has 0 radical (unpaired) electrons. The van der Waals surface area contributed by atoms with Crippen LogP contribution in [0.4, 0.5) is 4.39 Å². The Morgan fingerprint density at radius 2 is 1.65 bits per heavy atom. The van der Waals surface area contributed by atoms with Gasteiger partial charge >= 0.3 is 0 Å². The molecule has 4 atom stereocenters. The van der Waals surface area contributed by atoms with Crippen molar-refractivity contribution in [1.29, 1.82) is 0 Å². The smallest absolute Gasteiger partial charge is 0.203 e. The van der Waals surface area contributed by atoms with E-state index in [1.807, 2.05) is 45.0 Å². The van der Waals surface area contributed by atoms with Crippen LogP contribution in [0.15, 0.2) is 65.0 Å². The Labute approximate surface area is 317 Å². The molecule has 0 amide bonds. The van der Waals surface area contributed by atoms with Crippen molar-refractivity contribution in [2.75, 3.05) is 0 Å². The molecule has 0 spiro atoms. The topological polar surface area (TPSA) is 132 Å². The molecule has 2 fully saturated rings. The van der Waals surface area contributed by atoms with E-state index in [9.17, 15) is 39.2 Å². The molecule has 8 heteroatoms. The molecule has 7 rings (SSSR count). The van der Waals surface area contributed by atoms with Crippen LogP contribution in [0.25, 0.3) is 11.3 Å². The predicted octanol–water partition coefficient (Wildman–Crippen LogP) is 9.53. The maximum Gasteiger partial charge on any atom is 0.203 e. The van der Waals surface area contributed by atoms with Crippen LogP contribution in [0.1, 0.15) is 133 Å². The second-order valence-electron chi connectivity index (χ2n) is 18.0. The average Bonchev–Trinajstić information content (AvgIpc) is 3.54. The number of ketones is 3. The number of carbonyl (C=O) groups is 3. The summed E-state index contributed by atoms with van der Waals surface area (Å²) in [6.07, 6.45) is 9.88. The zero-order valence-electron chi connectivity index (χ0n) is 32.5. The van der Waals surface area contributed by atoms with Gasteiger partial charge < -0.3 is 20.4 Å². The first-order chi connectivity index (χ1) is 25.4. The third-order valence-electron chi connectivity index (χ3n) is 13.7. The zero-order valence-corrected chi connectivity index (χ0v) is 32.5. The van der Waals surface area contributed by atoms with Gasteiger partial charge in [0.1, 0.15) is 28.7 Å². The minimum Gasteiger partial charge on any atom is -0.508 e. The Morgan fingerprint density at radius 3 is 2.26 bits per heavy atom. The minimum absolute atomic E-state index is 0.00768. The molecule has 0 heterocycles. The molecule has 286 valence electrons. The van der Waals surface area contributed by atoms with Gasteiger partial charge in [0.15, 0.2) is 17.2 Å². The van der Waals surface area contributed by atoms with Crippen molar-refractivity contribution in [2.45, 2.75) is 117 Å². The van der Waals surface area contributed by atoms with Gasteiger partial charge in [-0.1, -0.05) is 77.5 Å². The molecule has 0 bridgehead atoms. The number of hydrogen-bond donors (Lipinski definition) is 4. The summed E-state index contributed by atoms with van der Waals surface area (Å²) < 4.78 is 14.5. The third-order valence-corrected chi connectivity index (χ3v) is 13.7. The number of benzene rings is 2. The van der Waals surface area contributed by atoms with Gasteiger partial charge in [-0.05, 0) is 116 Å². The van der Waals surface area contributed by atoms with Gasteiger partial charge in [-0.15, -0.1) is 0 Å². The third kappa shape index (κ3) is 5.49. The molecule has 0 aliphatic heterocycles. The Kier molecular flexibility index (Phi) is 9.27. The molecule has 7 nitrogen and oxygen atoms in total. The van der Waals surface area contributed by atoms with Crippen molar-refractivity contribution in [3.63, 3.8) is 0 Å². The molecule has 2 aromatic carbocycles. The average molecular weight is 737 g/mol. The fraction of sp³-hybridized carbons (Fsp3) is 0.500. The normalized spacial score (nSPS) is 31.1. The Hall–Kier alpha value is -4.30. The molecular formula is C46H53FO7. The molecule has 5 aliphatic rings. The predicted molar refractivity (Wildman–Crippen MR) is 206 cm³/mol. The summed E-state index contributed by atoms with van der Waals surface area (Å²) in [6.45, 7) is 12.3. The summed E-state index contributed by atoms with van der Waals surface area (Å²) >= 11 is 0. The molecule has 0 saturated heterocycles. The summed E-state index contributed by atoms with van der Waals surface area (Å²) in [5, 5.41) is 48.2. The molecule has 1 unspecified atom stereocenters. The van der Waals surface area contributed by atoms with E-state index in [2.05, 4.69) is 6.08 Å². The summed E-state index contributed by atoms with van der Waals surface area (Å²) in [5.74, 6) is -4.62. The van der Waals surface area contributed by atoms with Crippen LogP contribution in [-0.4, -0.2) is 43.4 Å². The van der Waals surface area contributed by atoms with E-state index in [1.54, 1.807) is 26.8 Å². The van der Waals surface area contributed by atoms with E-state index in [-0.39, 0.29) is 53.3 Å². The van der Waals surface area contributed by atoms with Crippen LogP contribution in [0.5, 0.6) is 5.75 Å². The lowest BCUT2D eigenvalue weighted by molar-refractivity contribution is -0.178. The highest BCUT2D eigenvalue weighted by Crippen LogP contribution is 2.65. The van der Waals surface area contributed by atoms with Gasteiger partial charge in [0.05, 0.1) is 5.56 Å². The number of allylic oxidation sites excluding steroid dienone is 5. The van der Waals surface area contributed by atoms with E-state index in [4.69, 9.17) is 0 Å². The number of phenols is 1. The van der Waals surface area contributed by atoms with Crippen LogP contribution in [0, 0.1) is 34.4 Å². The van der Waals surface area contributed by atoms with Crippen molar-refractivity contribution >= 4 is 28.7 Å². The van der Waals surface area contributed by atoms with Crippen LogP contribution in [-0.2, 0) is 20.8 Å². The van der Waals surface area contributed by atoms with Crippen molar-refractivity contribution in [3.8, 4) is 5.75 Å². The number of carbonyl (C=O) groups excluding carboxylic acids is 3. The first-order valence-electron chi connectivity index (χ1n) is 19.6. The van der Waals surface area contributed by atoms with Crippen LogP contribution in [0.3, 0.4) is 0 Å². The molecule has 54 heavy (non-hydrogen) atoms. The van der Waals surface area contributed by atoms with Crippen LogP contribution in [0.2, 0.25) is 0 Å². The molecular weight excluding hydrogens is 683 g/mol. The van der Waals surface area contributed by atoms with Gasteiger partial charge in [-0.3, -0.25) is 14.4 Å². The number of halogens is 1. The highest BCUT2D eigenvalue weighted by Gasteiger charge is 2.72. The summed E-state index contributed by atoms with van der Waals surface area (Å²) in [5.41, 5.74) is -0.607. The number of Topliss-reactive ketones (excluding diaryl/α,β-unsaturated/α-hetero) is 3. The van der Waals surface area contributed by atoms with Crippen molar-refractivity contribution < 1.29 is 39.2 Å². The molecule has 4 N–H and O–H groups in total. The number of aliphatic hydroxyl groups is 3. The van der Waals surface area contributed by atoms with Gasteiger partial charge in [-0.2, -0.15) is 0 Å². The lowest BCUT2D eigenvalue weighted by atomic mass is 9.43. The second kappa shape index (κ2) is 13.2. The van der Waals surface area contributed by atoms with Crippen molar-refractivity contribution in [2.24, 2.45) is 28.6 Å². The number of hydrogen-bond acceptors (Lipinski definition) is 7. The van der Waals surface area contributed by atoms with E-state index >= 15 is 0 Å². The fourth-order valence-electron chi connectivity index (χ4n) is 11.3. The minimum atomic E-state index is -2.65. The standard InChI is InChI=1S/C46H53FO7/c1-23(2)31-20-32(29-17-14-27(19-29)18-26-12-15-28(16-13-26)30-10-8-9-11-34(30)47)39(49)36-33(31)21-44(6)22-45(7)37(24(3)4)40(50)35(25(5)48)42(52)46(45,54)43(53)38(44)41(36)51/h8-11,14,17,20,23-24,26,28,37,49,51-52,54H,12-13,15-16,18-19,21-22H2,1-7H3/t26?,28?,37?,44-,45-,46+/m1/s1. The highest BCUT2D eigenvalue weighted by atomic mass is 19.1.